The van der Waals surface area contributed by atoms with Crippen molar-refractivity contribution in [1.29, 1.82) is 0 Å². The first-order valence-corrected chi connectivity index (χ1v) is 6.94. The Morgan fingerprint density at radius 3 is 2.84 bits per heavy atom. The minimum Gasteiger partial charge on any atom is -0.468 e. The summed E-state index contributed by atoms with van der Waals surface area (Å²) >= 11 is 3.20. The molecule has 102 valence electrons. The number of esters is 1. The molecule has 0 aliphatic heterocycles. The first-order chi connectivity index (χ1) is 9.04. The second-order valence-electron chi connectivity index (χ2n) is 4.41. The van der Waals surface area contributed by atoms with Crippen LogP contribution in [0.1, 0.15) is 28.9 Å². The molecule has 0 aromatic carbocycles. The molecule has 1 aromatic heterocycles. The molecule has 1 aromatic rings. The summed E-state index contributed by atoms with van der Waals surface area (Å²) in [6, 6.07) is 2.95. The van der Waals surface area contributed by atoms with E-state index in [4.69, 9.17) is 0 Å². The number of carbonyl (C=O) groups excluding carboxylic acids is 2. The van der Waals surface area contributed by atoms with Gasteiger partial charge in [0.1, 0.15) is 4.83 Å². The number of carbonyl (C=O) groups is 2. The Labute approximate surface area is 118 Å². The Morgan fingerprint density at radius 1 is 1.42 bits per heavy atom. The summed E-state index contributed by atoms with van der Waals surface area (Å²) in [5.74, 6) is -0.383. The van der Waals surface area contributed by atoms with Crippen LogP contribution >= 0.6 is 15.9 Å². The van der Waals surface area contributed by atoms with E-state index in [1.165, 1.54) is 17.7 Å². The lowest BCUT2D eigenvalue weighted by Gasteiger charge is -2.21. The predicted molar refractivity (Wildman–Crippen MR) is 72.7 cm³/mol. The second-order valence-corrected chi connectivity index (χ2v) is 5.52. The summed E-state index contributed by atoms with van der Waals surface area (Å²) in [5, 5.41) is 0. The van der Waals surface area contributed by atoms with Gasteiger partial charge in [0.25, 0.3) is 5.56 Å². The predicted octanol–water partition coefficient (Wildman–Crippen LogP) is 1.30. The van der Waals surface area contributed by atoms with Gasteiger partial charge in [0.2, 0.25) is 0 Å². The van der Waals surface area contributed by atoms with Crippen LogP contribution in [0.5, 0.6) is 0 Å². The number of rotatable bonds is 3. The van der Waals surface area contributed by atoms with Crippen LogP contribution in [0.25, 0.3) is 0 Å². The number of aromatic nitrogens is 1. The summed E-state index contributed by atoms with van der Waals surface area (Å²) in [4.78, 5) is 34.5. The van der Waals surface area contributed by atoms with Crippen molar-refractivity contribution < 1.29 is 14.3 Å². The summed E-state index contributed by atoms with van der Waals surface area (Å²) in [6.45, 7) is 0.169. The number of methoxy groups -OCH3 is 1. The normalized spacial score (nSPS) is 15.8. The average molecular weight is 328 g/mol. The van der Waals surface area contributed by atoms with Crippen LogP contribution in [0.4, 0.5) is 0 Å². The van der Waals surface area contributed by atoms with Crippen molar-refractivity contribution in [3.63, 3.8) is 0 Å². The van der Waals surface area contributed by atoms with Gasteiger partial charge in [0.15, 0.2) is 5.78 Å². The van der Waals surface area contributed by atoms with Crippen molar-refractivity contribution in [3.05, 3.63) is 33.7 Å². The van der Waals surface area contributed by atoms with E-state index in [0.29, 0.717) is 18.4 Å². The smallest absolute Gasteiger partial charge is 0.321 e. The fourth-order valence-electron chi connectivity index (χ4n) is 2.26. The molecule has 0 fully saturated rings. The van der Waals surface area contributed by atoms with Crippen molar-refractivity contribution in [2.45, 2.75) is 30.6 Å². The minimum absolute atomic E-state index is 0.0548. The van der Waals surface area contributed by atoms with Gasteiger partial charge < -0.3 is 9.30 Å². The van der Waals surface area contributed by atoms with Crippen molar-refractivity contribution in [3.8, 4) is 0 Å². The standard InChI is InChI=1S/C13H14BrNO4/c1-19-13(18)9(14)7-15-10-3-2-4-11(16)8(10)5-6-12(15)17/h5-6,9H,2-4,7H2,1H3. The van der Waals surface area contributed by atoms with Gasteiger partial charge in [-0.1, -0.05) is 15.9 Å². The number of hydrogen-bond acceptors (Lipinski definition) is 4. The summed E-state index contributed by atoms with van der Waals surface area (Å²) in [6.07, 6.45) is 1.93. The van der Waals surface area contributed by atoms with Gasteiger partial charge in [0, 0.05) is 30.3 Å². The maximum absolute atomic E-state index is 11.9. The lowest BCUT2D eigenvalue weighted by atomic mass is 9.94. The first kappa shape index (κ1) is 14.0. The number of halogens is 1. The van der Waals surface area contributed by atoms with E-state index in [-0.39, 0.29) is 17.9 Å². The number of nitrogens with zero attached hydrogens (tertiary/aromatic N) is 1. The van der Waals surface area contributed by atoms with E-state index in [9.17, 15) is 14.4 Å². The molecule has 0 amide bonds. The summed E-state index contributed by atoms with van der Waals surface area (Å²) in [5.41, 5.74) is 1.11. The lowest BCUT2D eigenvalue weighted by Crippen LogP contribution is -2.33. The van der Waals surface area contributed by atoms with Gasteiger partial charge in [-0.3, -0.25) is 14.4 Å². The number of ether oxygens (including phenoxy) is 1. The Balaban J connectivity index is 2.40. The molecular formula is C13H14BrNO4. The number of hydrogen-bond donors (Lipinski definition) is 0. The number of alkyl halides is 1. The van der Waals surface area contributed by atoms with Crippen LogP contribution in [-0.2, 0) is 22.5 Å². The average Bonchev–Trinajstić information content (AvgIpc) is 2.41. The third kappa shape index (κ3) is 2.78. The molecular weight excluding hydrogens is 314 g/mol. The first-order valence-electron chi connectivity index (χ1n) is 6.02. The third-order valence-corrected chi connectivity index (χ3v) is 3.88. The van der Waals surface area contributed by atoms with Crippen LogP contribution in [0.15, 0.2) is 16.9 Å². The zero-order chi connectivity index (χ0) is 14.0. The van der Waals surface area contributed by atoms with Crippen molar-refractivity contribution >= 4 is 27.7 Å². The van der Waals surface area contributed by atoms with E-state index in [1.54, 1.807) is 6.07 Å². The zero-order valence-corrected chi connectivity index (χ0v) is 12.1. The molecule has 1 aliphatic carbocycles. The Bertz CT molecular complexity index is 578. The highest BCUT2D eigenvalue weighted by atomic mass is 79.9. The molecule has 0 bridgehead atoms. The largest absolute Gasteiger partial charge is 0.468 e. The van der Waals surface area contributed by atoms with Crippen molar-refractivity contribution in [1.82, 2.24) is 4.57 Å². The molecule has 0 N–H and O–H groups in total. The van der Waals surface area contributed by atoms with E-state index >= 15 is 0 Å². The van der Waals surface area contributed by atoms with Crippen molar-refractivity contribution in [2.75, 3.05) is 7.11 Å². The molecule has 1 atom stereocenters. The third-order valence-electron chi connectivity index (χ3n) is 3.21. The molecule has 1 heterocycles. The van der Waals surface area contributed by atoms with Crippen LogP contribution in [0.2, 0.25) is 0 Å². The molecule has 5 nitrogen and oxygen atoms in total. The van der Waals surface area contributed by atoms with Crippen molar-refractivity contribution in [2.24, 2.45) is 0 Å². The molecule has 19 heavy (non-hydrogen) atoms. The lowest BCUT2D eigenvalue weighted by molar-refractivity contribution is -0.140. The van der Waals surface area contributed by atoms with Gasteiger partial charge in [-0.25, -0.2) is 0 Å². The Hall–Kier alpha value is -1.43. The van der Waals surface area contributed by atoms with Gasteiger partial charge in [-0.15, -0.1) is 0 Å². The highest BCUT2D eigenvalue weighted by Gasteiger charge is 2.23. The number of ketones is 1. The van der Waals surface area contributed by atoms with Crippen LogP contribution in [0.3, 0.4) is 0 Å². The molecule has 2 rings (SSSR count). The van der Waals surface area contributed by atoms with E-state index in [0.717, 1.165) is 12.1 Å². The van der Waals surface area contributed by atoms with Crippen LogP contribution < -0.4 is 5.56 Å². The maximum atomic E-state index is 11.9. The molecule has 0 radical (unpaired) electrons. The highest BCUT2D eigenvalue weighted by Crippen LogP contribution is 2.20. The second kappa shape index (κ2) is 5.69. The maximum Gasteiger partial charge on any atom is 0.321 e. The summed E-state index contributed by atoms with van der Waals surface area (Å²) in [7, 11) is 1.29. The molecule has 1 unspecified atom stereocenters. The highest BCUT2D eigenvalue weighted by molar-refractivity contribution is 9.10. The topological polar surface area (TPSA) is 65.4 Å². The van der Waals surface area contributed by atoms with Gasteiger partial charge in [0.05, 0.1) is 7.11 Å². The number of Topliss-reactive ketones (excluding diaryl/α,β-unsaturated/α-hetero) is 1. The fraction of sp³-hybridized carbons (Fsp3) is 0.462. The fourth-order valence-corrected chi connectivity index (χ4v) is 2.73. The molecule has 6 heteroatoms. The number of fused-ring (bicyclic) bond motifs is 1. The van der Waals surface area contributed by atoms with Gasteiger partial charge >= 0.3 is 5.97 Å². The Morgan fingerprint density at radius 2 is 2.16 bits per heavy atom. The molecule has 0 saturated carbocycles. The monoisotopic (exact) mass is 327 g/mol. The van der Waals surface area contributed by atoms with Crippen LogP contribution in [0, 0.1) is 0 Å². The molecule has 1 aliphatic rings. The zero-order valence-electron chi connectivity index (χ0n) is 10.5. The molecule has 0 saturated heterocycles. The number of pyridine rings is 1. The van der Waals surface area contributed by atoms with Crippen LogP contribution in [-0.4, -0.2) is 28.3 Å². The van der Waals surface area contributed by atoms with E-state index < -0.39 is 10.8 Å². The minimum atomic E-state index is -0.598. The SMILES string of the molecule is COC(=O)C(Br)Cn1c2c(ccc1=O)C(=O)CCC2. The summed E-state index contributed by atoms with van der Waals surface area (Å²) < 4.78 is 6.11. The molecule has 0 spiro atoms. The van der Waals surface area contributed by atoms with E-state index in [1.807, 2.05) is 0 Å². The van der Waals surface area contributed by atoms with Gasteiger partial charge in [-0.2, -0.15) is 0 Å². The quantitative estimate of drug-likeness (QED) is 0.620. The van der Waals surface area contributed by atoms with Gasteiger partial charge in [-0.05, 0) is 18.9 Å². The Kier molecular flexibility index (Phi) is 4.19. The van der Waals surface area contributed by atoms with E-state index in [2.05, 4.69) is 20.7 Å².